The van der Waals surface area contributed by atoms with Crippen LogP contribution >= 0.6 is 0 Å². The van der Waals surface area contributed by atoms with E-state index in [-0.39, 0.29) is 5.91 Å². The number of aromatic nitrogens is 2. The van der Waals surface area contributed by atoms with Gasteiger partial charge in [0.1, 0.15) is 34.9 Å². The summed E-state index contributed by atoms with van der Waals surface area (Å²) in [6.07, 6.45) is 3.53. The van der Waals surface area contributed by atoms with Gasteiger partial charge in [-0.05, 0) is 48.0 Å². The number of ether oxygens (including phenoxy) is 3. The summed E-state index contributed by atoms with van der Waals surface area (Å²) in [7, 11) is 5.06. The number of aryl methyl sites for hydroxylation is 1. The summed E-state index contributed by atoms with van der Waals surface area (Å²) in [6.45, 7) is 0. The van der Waals surface area contributed by atoms with E-state index in [1.165, 1.54) is 0 Å². The van der Waals surface area contributed by atoms with E-state index in [2.05, 4.69) is 10.3 Å². The second-order valence-corrected chi connectivity index (χ2v) is 7.39. The zero-order valence-electron chi connectivity index (χ0n) is 18.7. The Labute approximate surface area is 192 Å². The molecule has 0 fully saturated rings. The van der Waals surface area contributed by atoms with Gasteiger partial charge in [0.15, 0.2) is 0 Å². The van der Waals surface area contributed by atoms with Crippen LogP contribution in [0.15, 0.2) is 85.2 Å². The Kier molecular flexibility index (Phi) is 6.59. The number of imidazole rings is 1. The van der Waals surface area contributed by atoms with E-state index in [1.807, 2.05) is 66.3 Å². The molecule has 0 saturated heterocycles. The quantitative estimate of drug-likeness (QED) is 0.425. The minimum absolute atomic E-state index is 0.261. The third kappa shape index (κ3) is 5.15. The van der Waals surface area contributed by atoms with E-state index in [4.69, 9.17) is 14.2 Å². The highest BCUT2D eigenvalue weighted by atomic mass is 16.5. The molecule has 0 aliphatic heterocycles. The van der Waals surface area contributed by atoms with E-state index >= 15 is 0 Å². The van der Waals surface area contributed by atoms with E-state index in [0.29, 0.717) is 34.4 Å². The zero-order chi connectivity index (χ0) is 23.2. The van der Waals surface area contributed by atoms with Gasteiger partial charge < -0.3 is 24.1 Å². The number of hydrogen-bond donors (Lipinski definition) is 1. The van der Waals surface area contributed by atoms with Crippen molar-refractivity contribution in [3.8, 4) is 23.0 Å². The van der Waals surface area contributed by atoms with Crippen molar-refractivity contribution in [2.75, 3.05) is 14.2 Å². The lowest BCUT2D eigenvalue weighted by molar-refractivity contribution is 0.0940. The SMILES string of the molecule is COc1cc(OC)cc(C(NC(=O)c2cccc(Oc3ccccc3)c2)c2nccn2C)c1. The normalized spacial score (nSPS) is 11.5. The van der Waals surface area contributed by atoms with E-state index in [0.717, 1.165) is 5.56 Å². The topological polar surface area (TPSA) is 74.6 Å². The van der Waals surface area contributed by atoms with E-state index in [9.17, 15) is 4.79 Å². The highest BCUT2D eigenvalue weighted by Gasteiger charge is 2.23. The van der Waals surface area contributed by atoms with E-state index in [1.54, 1.807) is 44.7 Å². The number of rotatable bonds is 8. The Balaban J connectivity index is 1.64. The second kappa shape index (κ2) is 9.91. The minimum Gasteiger partial charge on any atom is -0.497 e. The largest absolute Gasteiger partial charge is 0.497 e. The Morgan fingerprint density at radius 2 is 1.58 bits per heavy atom. The third-order valence-electron chi connectivity index (χ3n) is 5.17. The van der Waals surface area contributed by atoms with Crippen molar-refractivity contribution in [2.24, 2.45) is 7.05 Å². The standard InChI is InChI=1S/C26H25N3O4/c1-29-13-12-27-25(29)24(19-15-22(31-2)17-23(16-19)32-3)28-26(30)18-8-7-11-21(14-18)33-20-9-5-4-6-10-20/h4-17,24H,1-3H3,(H,28,30). The summed E-state index contributed by atoms with van der Waals surface area (Å²) < 4.78 is 18.6. The first-order chi connectivity index (χ1) is 16.1. The van der Waals surface area contributed by atoms with Crippen LogP contribution in [-0.4, -0.2) is 29.7 Å². The molecular formula is C26H25N3O4. The maximum atomic E-state index is 13.3. The van der Waals surface area contributed by atoms with Crippen molar-refractivity contribution in [2.45, 2.75) is 6.04 Å². The fourth-order valence-corrected chi connectivity index (χ4v) is 3.49. The molecule has 7 nitrogen and oxygen atoms in total. The number of carbonyl (C=O) groups excluding carboxylic acids is 1. The molecule has 4 rings (SSSR count). The Morgan fingerprint density at radius 1 is 0.879 bits per heavy atom. The highest BCUT2D eigenvalue weighted by molar-refractivity contribution is 5.95. The molecule has 168 valence electrons. The molecule has 0 aliphatic rings. The third-order valence-corrected chi connectivity index (χ3v) is 5.17. The van der Waals surface area contributed by atoms with Gasteiger partial charge in [-0.1, -0.05) is 24.3 Å². The molecule has 0 aliphatic carbocycles. The average molecular weight is 444 g/mol. The second-order valence-electron chi connectivity index (χ2n) is 7.39. The van der Waals surface area contributed by atoms with E-state index < -0.39 is 6.04 Å². The fraction of sp³-hybridized carbons (Fsp3) is 0.154. The molecule has 33 heavy (non-hydrogen) atoms. The number of hydrogen-bond acceptors (Lipinski definition) is 5. The van der Waals surface area contributed by atoms with Gasteiger partial charge in [0.05, 0.1) is 14.2 Å². The van der Waals surface area contributed by atoms with Crippen molar-refractivity contribution in [1.82, 2.24) is 14.9 Å². The van der Waals surface area contributed by atoms with Crippen LogP contribution in [0.5, 0.6) is 23.0 Å². The maximum Gasteiger partial charge on any atom is 0.252 e. The summed E-state index contributed by atoms with van der Waals surface area (Å²) in [5, 5.41) is 3.10. The van der Waals surface area contributed by atoms with Crippen LogP contribution in [-0.2, 0) is 7.05 Å². The lowest BCUT2D eigenvalue weighted by Crippen LogP contribution is -2.31. The molecule has 1 aromatic heterocycles. The van der Waals surface area contributed by atoms with Crippen LogP contribution in [0.25, 0.3) is 0 Å². The summed E-state index contributed by atoms with van der Waals surface area (Å²) in [5.41, 5.74) is 1.25. The lowest BCUT2D eigenvalue weighted by Gasteiger charge is -2.21. The van der Waals surface area contributed by atoms with Gasteiger partial charge in [0.2, 0.25) is 0 Å². The van der Waals surface area contributed by atoms with Crippen molar-refractivity contribution in [1.29, 1.82) is 0 Å². The molecule has 1 heterocycles. The summed E-state index contributed by atoms with van der Waals surface area (Å²) in [5.74, 6) is 2.93. The first kappa shape index (κ1) is 22.0. The molecule has 0 spiro atoms. The average Bonchev–Trinajstić information content (AvgIpc) is 3.28. The minimum atomic E-state index is -0.528. The van der Waals surface area contributed by atoms with Crippen molar-refractivity contribution >= 4 is 5.91 Å². The van der Waals surface area contributed by atoms with Gasteiger partial charge in [-0.15, -0.1) is 0 Å². The molecule has 4 aromatic rings. The molecule has 0 radical (unpaired) electrons. The fourth-order valence-electron chi connectivity index (χ4n) is 3.49. The molecule has 7 heteroatoms. The molecule has 1 N–H and O–H groups in total. The van der Waals surface area contributed by atoms with Gasteiger partial charge in [0, 0.05) is 31.1 Å². The summed E-state index contributed by atoms with van der Waals surface area (Å²) in [6, 6.07) is 21.5. The van der Waals surface area contributed by atoms with Gasteiger partial charge in [0.25, 0.3) is 5.91 Å². The number of benzene rings is 3. The predicted octanol–water partition coefficient (Wildman–Crippen LogP) is 4.75. The van der Waals surface area contributed by atoms with Crippen molar-refractivity contribution in [3.05, 3.63) is 102 Å². The first-order valence-corrected chi connectivity index (χ1v) is 10.4. The van der Waals surface area contributed by atoms with Gasteiger partial charge in [-0.25, -0.2) is 4.98 Å². The molecule has 1 amide bonds. The number of nitrogens with zero attached hydrogens (tertiary/aromatic N) is 2. The van der Waals surface area contributed by atoms with Crippen LogP contribution in [0.3, 0.4) is 0 Å². The number of carbonyl (C=O) groups is 1. The van der Waals surface area contributed by atoms with Gasteiger partial charge in [-0.2, -0.15) is 0 Å². The lowest BCUT2D eigenvalue weighted by atomic mass is 10.0. The van der Waals surface area contributed by atoms with Gasteiger partial charge in [-0.3, -0.25) is 4.79 Å². The summed E-state index contributed by atoms with van der Waals surface area (Å²) in [4.78, 5) is 17.7. The van der Waals surface area contributed by atoms with Crippen LogP contribution in [0.1, 0.15) is 27.8 Å². The number of nitrogens with one attached hydrogen (secondary N) is 1. The van der Waals surface area contributed by atoms with Crippen molar-refractivity contribution in [3.63, 3.8) is 0 Å². The van der Waals surface area contributed by atoms with Crippen LogP contribution in [0.2, 0.25) is 0 Å². The molecule has 0 saturated carbocycles. The smallest absolute Gasteiger partial charge is 0.252 e. The molecule has 1 unspecified atom stereocenters. The first-order valence-electron chi connectivity index (χ1n) is 10.4. The van der Waals surface area contributed by atoms with Gasteiger partial charge >= 0.3 is 0 Å². The predicted molar refractivity (Wildman–Crippen MR) is 125 cm³/mol. The molecule has 0 bridgehead atoms. The molecular weight excluding hydrogens is 418 g/mol. The Bertz CT molecular complexity index is 1220. The van der Waals surface area contributed by atoms with Crippen LogP contribution in [0, 0.1) is 0 Å². The summed E-state index contributed by atoms with van der Waals surface area (Å²) >= 11 is 0. The zero-order valence-corrected chi connectivity index (χ0v) is 18.7. The number of amides is 1. The maximum absolute atomic E-state index is 13.3. The Hall–Kier alpha value is -4.26. The number of para-hydroxylation sites is 1. The highest BCUT2D eigenvalue weighted by Crippen LogP contribution is 2.30. The molecule has 3 aromatic carbocycles. The Morgan fingerprint density at radius 3 is 2.21 bits per heavy atom. The number of methoxy groups -OCH3 is 2. The van der Waals surface area contributed by atoms with Crippen LogP contribution < -0.4 is 19.5 Å². The molecule has 1 atom stereocenters. The van der Waals surface area contributed by atoms with Crippen molar-refractivity contribution < 1.29 is 19.0 Å². The van der Waals surface area contributed by atoms with Crippen LogP contribution in [0.4, 0.5) is 0 Å². The monoisotopic (exact) mass is 443 g/mol.